The lowest BCUT2D eigenvalue weighted by Gasteiger charge is -2.38. The third-order valence-corrected chi connectivity index (χ3v) is 6.39. The maximum absolute atomic E-state index is 13.2. The quantitative estimate of drug-likeness (QED) is 0.656. The summed E-state index contributed by atoms with van der Waals surface area (Å²) in [6.07, 6.45) is 0. The Morgan fingerprint density at radius 2 is 1.43 bits per heavy atom. The number of ether oxygens (including phenoxy) is 2. The molecule has 150 valence electrons. The summed E-state index contributed by atoms with van der Waals surface area (Å²) in [6, 6.07) is 23.1. The minimum atomic E-state index is 0.0178. The number of fused-ring (bicyclic) bond motifs is 4. The molecule has 6 rings (SSSR count). The fourth-order valence-corrected chi connectivity index (χ4v) is 4.97. The molecular weight excluding hydrogens is 376 g/mol. The van der Waals surface area contributed by atoms with Crippen molar-refractivity contribution in [3.63, 3.8) is 0 Å². The molecule has 3 aromatic rings. The maximum Gasteiger partial charge on any atom is 0.257 e. The SMILES string of the molecule is O=C(c1cccc2c1OCO2)N1CCN(C2c3ccccc3-c3ccccc32)CC1. The van der Waals surface area contributed by atoms with Gasteiger partial charge in [-0.05, 0) is 34.4 Å². The first kappa shape index (κ1) is 17.5. The molecular formula is C25H22N2O3. The monoisotopic (exact) mass is 398 g/mol. The van der Waals surface area contributed by atoms with Crippen LogP contribution in [0.25, 0.3) is 11.1 Å². The molecule has 2 aliphatic heterocycles. The molecule has 0 unspecified atom stereocenters. The van der Waals surface area contributed by atoms with Crippen LogP contribution in [0.15, 0.2) is 66.7 Å². The molecule has 1 fully saturated rings. The van der Waals surface area contributed by atoms with Gasteiger partial charge in [0.1, 0.15) is 0 Å². The number of benzene rings is 3. The molecule has 30 heavy (non-hydrogen) atoms. The van der Waals surface area contributed by atoms with Crippen molar-refractivity contribution in [3.05, 3.63) is 83.4 Å². The van der Waals surface area contributed by atoms with E-state index in [0.29, 0.717) is 30.2 Å². The number of carbonyl (C=O) groups is 1. The smallest absolute Gasteiger partial charge is 0.257 e. The van der Waals surface area contributed by atoms with Crippen molar-refractivity contribution >= 4 is 5.91 Å². The zero-order valence-electron chi connectivity index (χ0n) is 16.6. The van der Waals surface area contributed by atoms with Crippen LogP contribution in [0, 0.1) is 0 Å². The summed E-state index contributed by atoms with van der Waals surface area (Å²) in [5, 5.41) is 0. The number of para-hydroxylation sites is 1. The second-order valence-electron chi connectivity index (χ2n) is 7.94. The molecule has 5 nitrogen and oxygen atoms in total. The number of carbonyl (C=O) groups excluding carboxylic acids is 1. The van der Waals surface area contributed by atoms with Crippen LogP contribution < -0.4 is 9.47 Å². The Morgan fingerprint density at radius 1 is 0.767 bits per heavy atom. The molecule has 1 aliphatic carbocycles. The largest absolute Gasteiger partial charge is 0.454 e. The van der Waals surface area contributed by atoms with Gasteiger partial charge in [0.2, 0.25) is 6.79 Å². The van der Waals surface area contributed by atoms with E-state index in [2.05, 4.69) is 53.4 Å². The van der Waals surface area contributed by atoms with Crippen LogP contribution in [-0.4, -0.2) is 48.7 Å². The van der Waals surface area contributed by atoms with Crippen LogP contribution >= 0.6 is 0 Å². The third-order valence-electron chi connectivity index (χ3n) is 6.39. The summed E-state index contributed by atoms with van der Waals surface area (Å²) in [5.74, 6) is 1.24. The highest BCUT2D eigenvalue weighted by molar-refractivity contribution is 5.98. The summed E-state index contributed by atoms with van der Waals surface area (Å²) >= 11 is 0. The van der Waals surface area contributed by atoms with Gasteiger partial charge in [-0.2, -0.15) is 0 Å². The van der Waals surface area contributed by atoms with Gasteiger partial charge in [0.25, 0.3) is 5.91 Å². The summed E-state index contributed by atoms with van der Waals surface area (Å²) in [5.41, 5.74) is 5.98. The number of hydrogen-bond acceptors (Lipinski definition) is 4. The number of piperazine rings is 1. The van der Waals surface area contributed by atoms with E-state index in [1.165, 1.54) is 22.3 Å². The van der Waals surface area contributed by atoms with Gasteiger partial charge in [-0.25, -0.2) is 0 Å². The van der Waals surface area contributed by atoms with E-state index in [0.717, 1.165) is 13.1 Å². The normalized spacial score (nSPS) is 17.7. The topological polar surface area (TPSA) is 42.0 Å². The molecule has 0 aromatic heterocycles. The second-order valence-corrected chi connectivity index (χ2v) is 7.94. The minimum Gasteiger partial charge on any atom is -0.454 e. The Kier molecular flexibility index (Phi) is 4.03. The lowest BCUT2D eigenvalue weighted by molar-refractivity contribution is 0.0596. The zero-order valence-corrected chi connectivity index (χ0v) is 16.6. The van der Waals surface area contributed by atoms with Crippen LogP contribution in [0.1, 0.15) is 27.5 Å². The Labute approximate surface area is 175 Å². The first-order valence-corrected chi connectivity index (χ1v) is 10.4. The van der Waals surface area contributed by atoms with Gasteiger partial charge in [0.15, 0.2) is 11.5 Å². The Morgan fingerprint density at radius 3 is 2.13 bits per heavy atom. The highest BCUT2D eigenvalue weighted by Crippen LogP contribution is 2.46. The van der Waals surface area contributed by atoms with Crippen LogP contribution in [0.5, 0.6) is 11.5 Å². The van der Waals surface area contributed by atoms with E-state index in [-0.39, 0.29) is 18.7 Å². The van der Waals surface area contributed by atoms with E-state index in [9.17, 15) is 4.79 Å². The fraction of sp³-hybridized carbons (Fsp3) is 0.240. The van der Waals surface area contributed by atoms with E-state index in [1.807, 2.05) is 23.1 Å². The standard InChI is InChI=1S/C25H22N2O3/c28-25(21-10-5-11-22-24(21)30-16-29-22)27-14-12-26(13-15-27)23-19-8-3-1-6-17(19)18-7-2-4-9-20(18)23/h1-11,23H,12-16H2. The lowest BCUT2D eigenvalue weighted by Crippen LogP contribution is -2.49. The molecule has 5 heteroatoms. The van der Waals surface area contributed by atoms with Crippen molar-refractivity contribution in [3.8, 4) is 22.6 Å². The average molecular weight is 398 g/mol. The molecule has 0 bridgehead atoms. The highest BCUT2D eigenvalue weighted by atomic mass is 16.7. The van der Waals surface area contributed by atoms with Crippen LogP contribution in [-0.2, 0) is 0 Å². The van der Waals surface area contributed by atoms with Gasteiger partial charge in [0, 0.05) is 26.2 Å². The molecule has 1 amide bonds. The number of rotatable bonds is 2. The van der Waals surface area contributed by atoms with Gasteiger partial charge in [-0.15, -0.1) is 0 Å². The summed E-state index contributed by atoms with van der Waals surface area (Å²) in [6.45, 7) is 3.25. The van der Waals surface area contributed by atoms with Crippen molar-refractivity contribution in [2.45, 2.75) is 6.04 Å². The minimum absolute atomic E-state index is 0.0178. The van der Waals surface area contributed by atoms with Gasteiger partial charge in [-0.3, -0.25) is 9.69 Å². The second kappa shape index (κ2) is 6.89. The van der Waals surface area contributed by atoms with Gasteiger partial charge < -0.3 is 14.4 Å². The van der Waals surface area contributed by atoms with Crippen LogP contribution in [0.3, 0.4) is 0 Å². The average Bonchev–Trinajstić information content (AvgIpc) is 3.41. The molecule has 0 spiro atoms. The van der Waals surface area contributed by atoms with Crippen LogP contribution in [0.4, 0.5) is 0 Å². The number of hydrogen-bond donors (Lipinski definition) is 0. The van der Waals surface area contributed by atoms with E-state index in [1.54, 1.807) is 0 Å². The molecule has 0 atom stereocenters. The summed E-state index contributed by atoms with van der Waals surface area (Å²) in [4.78, 5) is 17.6. The Hall–Kier alpha value is -3.31. The first-order chi connectivity index (χ1) is 14.8. The fourth-order valence-electron chi connectivity index (χ4n) is 4.97. The molecule has 0 saturated carbocycles. The molecule has 2 heterocycles. The first-order valence-electron chi connectivity index (χ1n) is 10.4. The number of amides is 1. The Balaban J connectivity index is 1.24. The van der Waals surface area contributed by atoms with Crippen molar-refractivity contribution in [2.75, 3.05) is 33.0 Å². The predicted molar refractivity (Wildman–Crippen MR) is 114 cm³/mol. The van der Waals surface area contributed by atoms with E-state index in [4.69, 9.17) is 9.47 Å². The summed E-state index contributed by atoms with van der Waals surface area (Å²) in [7, 11) is 0. The Bertz CT molecular complexity index is 1090. The lowest BCUT2D eigenvalue weighted by atomic mass is 10.0. The zero-order chi connectivity index (χ0) is 20.1. The maximum atomic E-state index is 13.2. The van der Waals surface area contributed by atoms with Crippen molar-refractivity contribution in [1.82, 2.24) is 9.80 Å². The molecule has 0 N–H and O–H groups in total. The molecule has 0 radical (unpaired) electrons. The van der Waals surface area contributed by atoms with Crippen LogP contribution in [0.2, 0.25) is 0 Å². The van der Waals surface area contributed by atoms with Crippen molar-refractivity contribution in [1.29, 1.82) is 0 Å². The van der Waals surface area contributed by atoms with Gasteiger partial charge >= 0.3 is 0 Å². The van der Waals surface area contributed by atoms with Crippen molar-refractivity contribution < 1.29 is 14.3 Å². The predicted octanol–water partition coefficient (Wildman–Crippen LogP) is 3.94. The molecule has 3 aromatic carbocycles. The highest BCUT2D eigenvalue weighted by Gasteiger charge is 2.35. The van der Waals surface area contributed by atoms with E-state index >= 15 is 0 Å². The molecule has 3 aliphatic rings. The summed E-state index contributed by atoms with van der Waals surface area (Å²) < 4.78 is 11.0. The molecule has 1 saturated heterocycles. The van der Waals surface area contributed by atoms with Gasteiger partial charge in [-0.1, -0.05) is 54.6 Å². The van der Waals surface area contributed by atoms with E-state index < -0.39 is 0 Å². The number of nitrogens with zero attached hydrogens (tertiary/aromatic N) is 2. The van der Waals surface area contributed by atoms with Crippen molar-refractivity contribution in [2.24, 2.45) is 0 Å². The third kappa shape index (κ3) is 2.62. The van der Waals surface area contributed by atoms with Gasteiger partial charge in [0.05, 0.1) is 11.6 Å².